The second kappa shape index (κ2) is 8.74. The Kier molecular flexibility index (Phi) is 7.53. The van der Waals surface area contributed by atoms with Crippen LogP contribution >= 0.6 is 34.8 Å². The van der Waals surface area contributed by atoms with E-state index in [4.69, 9.17) is 34.8 Å². The highest BCUT2D eigenvalue weighted by Gasteiger charge is 2.31. The smallest absolute Gasteiger partial charge is 0.276 e. The molecule has 0 spiro atoms. The molecule has 0 heterocycles. The molecule has 1 aromatic rings. The first-order valence-electron chi connectivity index (χ1n) is 7.46. The molecule has 6 nitrogen and oxygen atoms in total. The van der Waals surface area contributed by atoms with E-state index < -0.39 is 15.6 Å². The van der Waals surface area contributed by atoms with Crippen LogP contribution in [0.15, 0.2) is 24.3 Å². The summed E-state index contributed by atoms with van der Waals surface area (Å²) in [6.45, 7) is 5.75. The third kappa shape index (κ3) is 7.94. The van der Waals surface area contributed by atoms with E-state index in [2.05, 4.69) is 16.0 Å². The van der Waals surface area contributed by atoms with Crippen molar-refractivity contribution < 1.29 is 14.4 Å². The van der Waals surface area contributed by atoms with Crippen LogP contribution in [0.1, 0.15) is 37.6 Å². The zero-order valence-electron chi connectivity index (χ0n) is 14.1. The Bertz CT molecular complexity index is 652. The first-order chi connectivity index (χ1) is 11.4. The molecule has 0 aromatic heterocycles. The largest absolute Gasteiger partial charge is 0.351 e. The van der Waals surface area contributed by atoms with Gasteiger partial charge in [-0.15, -0.1) is 0 Å². The molecule has 0 aliphatic carbocycles. The van der Waals surface area contributed by atoms with Crippen LogP contribution in [0.25, 0.3) is 0 Å². The van der Waals surface area contributed by atoms with Crippen LogP contribution in [0.3, 0.4) is 0 Å². The quantitative estimate of drug-likeness (QED) is 0.654. The third-order valence-electron chi connectivity index (χ3n) is 2.83. The SMILES string of the molecule is CC(C)(C)NC(=O)CCNC(=O)c1ccccc1NC(=O)C(Cl)(Cl)Cl. The van der Waals surface area contributed by atoms with Crippen molar-refractivity contribution >= 4 is 58.2 Å². The average Bonchev–Trinajstić information content (AvgIpc) is 2.44. The van der Waals surface area contributed by atoms with Crippen LogP contribution in [0.5, 0.6) is 0 Å². The molecule has 3 N–H and O–H groups in total. The highest BCUT2D eigenvalue weighted by atomic mass is 35.6. The first-order valence-corrected chi connectivity index (χ1v) is 8.60. The molecule has 0 saturated heterocycles. The maximum Gasteiger partial charge on any atom is 0.276 e. The second-order valence-corrected chi connectivity index (χ2v) is 8.58. The molecule has 25 heavy (non-hydrogen) atoms. The minimum atomic E-state index is -2.14. The van der Waals surface area contributed by atoms with Gasteiger partial charge in [-0.05, 0) is 32.9 Å². The zero-order valence-corrected chi connectivity index (χ0v) is 16.4. The number of carbonyl (C=O) groups excluding carboxylic acids is 3. The molecule has 1 rings (SSSR count). The molecule has 0 saturated carbocycles. The summed E-state index contributed by atoms with van der Waals surface area (Å²) < 4.78 is -2.14. The van der Waals surface area contributed by atoms with Crippen molar-refractivity contribution in [1.29, 1.82) is 0 Å². The van der Waals surface area contributed by atoms with E-state index in [0.29, 0.717) is 0 Å². The number of alkyl halides is 3. The lowest BCUT2D eigenvalue weighted by atomic mass is 10.1. The molecule has 0 fully saturated rings. The first kappa shape index (κ1) is 21.5. The highest BCUT2D eigenvalue weighted by Crippen LogP contribution is 2.28. The van der Waals surface area contributed by atoms with Gasteiger partial charge < -0.3 is 16.0 Å². The van der Waals surface area contributed by atoms with Crippen molar-refractivity contribution in [2.24, 2.45) is 0 Å². The molecule has 0 aliphatic rings. The third-order valence-corrected chi connectivity index (χ3v) is 3.34. The number of hydrogen-bond donors (Lipinski definition) is 3. The van der Waals surface area contributed by atoms with Crippen molar-refractivity contribution in [3.8, 4) is 0 Å². The summed E-state index contributed by atoms with van der Waals surface area (Å²) in [5.41, 5.74) is 0.0617. The van der Waals surface area contributed by atoms with Gasteiger partial charge in [0.05, 0.1) is 11.3 Å². The predicted molar refractivity (Wildman–Crippen MR) is 100 cm³/mol. The van der Waals surface area contributed by atoms with Gasteiger partial charge in [0.25, 0.3) is 15.6 Å². The number of rotatable bonds is 5. The van der Waals surface area contributed by atoms with E-state index in [0.717, 1.165) is 0 Å². The lowest BCUT2D eigenvalue weighted by Crippen LogP contribution is -2.42. The molecule has 1 aromatic carbocycles. The Hall–Kier alpha value is -1.50. The maximum absolute atomic E-state index is 12.3. The van der Waals surface area contributed by atoms with Gasteiger partial charge >= 0.3 is 0 Å². The number of amides is 3. The molecular formula is C16H20Cl3N3O3. The lowest BCUT2D eigenvalue weighted by Gasteiger charge is -2.20. The van der Waals surface area contributed by atoms with Crippen LogP contribution in [-0.2, 0) is 9.59 Å². The summed E-state index contributed by atoms with van der Waals surface area (Å²) in [4.78, 5) is 35.8. The Morgan fingerprint density at radius 3 is 2.20 bits per heavy atom. The van der Waals surface area contributed by atoms with E-state index in [1.165, 1.54) is 12.1 Å². The van der Waals surface area contributed by atoms with E-state index >= 15 is 0 Å². The predicted octanol–water partition coefficient (Wildman–Crippen LogP) is 3.03. The number of benzene rings is 1. The van der Waals surface area contributed by atoms with Gasteiger partial charge in [-0.1, -0.05) is 46.9 Å². The maximum atomic E-state index is 12.3. The van der Waals surface area contributed by atoms with Crippen molar-refractivity contribution in [1.82, 2.24) is 10.6 Å². The van der Waals surface area contributed by atoms with Crippen LogP contribution in [0.2, 0.25) is 0 Å². The van der Waals surface area contributed by atoms with Crippen molar-refractivity contribution in [3.63, 3.8) is 0 Å². The van der Waals surface area contributed by atoms with Gasteiger partial charge in [0.2, 0.25) is 5.91 Å². The summed E-state index contributed by atoms with van der Waals surface area (Å²) in [7, 11) is 0. The molecule has 0 radical (unpaired) electrons. The number of nitrogens with one attached hydrogen (secondary N) is 3. The minimum Gasteiger partial charge on any atom is -0.351 e. The van der Waals surface area contributed by atoms with Gasteiger partial charge in [0.15, 0.2) is 0 Å². The topological polar surface area (TPSA) is 87.3 Å². The van der Waals surface area contributed by atoms with Crippen molar-refractivity contribution in [2.75, 3.05) is 11.9 Å². The Labute approximate surface area is 161 Å². The molecule has 138 valence electrons. The van der Waals surface area contributed by atoms with E-state index in [9.17, 15) is 14.4 Å². The monoisotopic (exact) mass is 407 g/mol. The number of anilines is 1. The van der Waals surface area contributed by atoms with E-state index in [-0.39, 0.29) is 35.7 Å². The van der Waals surface area contributed by atoms with Gasteiger partial charge in [0, 0.05) is 18.5 Å². The average molecular weight is 409 g/mol. The van der Waals surface area contributed by atoms with Gasteiger partial charge in [-0.3, -0.25) is 14.4 Å². The van der Waals surface area contributed by atoms with Crippen LogP contribution in [-0.4, -0.2) is 33.6 Å². The molecule has 0 unspecified atom stereocenters. The Morgan fingerprint density at radius 1 is 1.04 bits per heavy atom. The normalized spacial score (nSPS) is 11.6. The summed E-state index contributed by atoms with van der Waals surface area (Å²) in [5.74, 6) is -1.50. The molecule has 0 aliphatic heterocycles. The van der Waals surface area contributed by atoms with Crippen LogP contribution < -0.4 is 16.0 Å². The van der Waals surface area contributed by atoms with Gasteiger partial charge in [-0.25, -0.2) is 0 Å². The molecule has 3 amide bonds. The summed E-state index contributed by atoms with van der Waals surface area (Å²) in [5, 5.41) is 7.80. The minimum absolute atomic E-state index is 0.131. The highest BCUT2D eigenvalue weighted by molar-refractivity contribution is 6.76. The summed E-state index contributed by atoms with van der Waals surface area (Å²) in [6.07, 6.45) is 0.131. The summed E-state index contributed by atoms with van der Waals surface area (Å²) in [6, 6.07) is 6.28. The van der Waals surface area contributed by atoms with Gasteiger partial charge in [0.1, 0.15) is 0 Å². The molecule has 0 atom stereocenters. The zero-order chi connectivity index (χ0) is 19.3. The van der Waals surface area contributed by atoms with Gasteiger partial charge in [-0.2, -0.15) is 0 Å². The fourth-order valence-corrected chi connectivity index (χ4v) is 1.99. The Balaban J connectivity index is 2.67. The van der Waals surface area contributed by atoms with E-state index in [1.807, 2.05) is 20.8 Å². The molecule has 0 bridgehead atoms. The van der Waals surface area contributed by atoms with Crippen molar-refractivity contribution in [2.45, 2.75) is 36.5 Å². The number of halogens is 3. The summed E-state index contributed by atoms with van der Waals surface area (Å²) >= 11 is 16.5. The fourth-order valence-electron chi connectivity index (χ4n) is 1.85. The lowest BCUT2D eigenvalue weighted by molar-refractivity contribution is -0.122. The molecule has 9 heteroatoms. The fraction of sp³-hybridized carbons (Fsp3) is 0.438. The second-order valence-electron chi connectivity index (χ2n) is 6.30. The Morgan fingerprint density at radius 2 is 1.64 bits per heavy atom. The standard InChI is InChI=1S/C16H20Cl3N3O3/c1-15(2,3)22-12(23)8-9-20-13(24)10-6-4-5-7-11(10)21-14(25)16(17,18)19/h4-7H,8-9H2,1-3H3,(H,20,24)(H,21,25)(H,22,23). The number of carbonyl (C=O) groups is 3. The van der Waals surface area contributed by atoms with Crippen LogP contribution in [0.4, 0.5) is 5.69 Å². The number of hydrogen-bond acceptors (Lipinski definition) is 3. The molecular weight excluding hydrogens is 389 g/mol. The van der Waals surface area contributed by atoms with Crippen LogP contribution in [0, 0.1) is 0 Å². The van der Waals surface area contributed by atoms with Crippen molar-refractivity contribution in [3.05, 3.63) is 29.8 Å². The van der Waals surface area contributed by atoms with E-state index in [1.54, 1.807) is 12.1 Å². The number of para-hydroxylation sites is 1.